The third-order valence-corrected chi connectivity index (χ3v) is 9.90. The van der Waals surface area contributed by atoms with E-state index in [9.17, 15) is 18.1 Å². The summed E-state index contributed by atoms with van der Waals surface area (Å²) in [4.78, 5) is 18.5. The Morgan fingerprint density at radius 1 is 0.900 bits per heavy atom. The molecule has 9 nitrogen and oxygen atoms in total. The fourth-order valence-corrected chi connectivity index (χ4v) is 6.70. The molecule has 1 heterocycles. The number of carbonyl (C=O) groups is 1. The van der Waals surface area contributed by atoms with Gasteiger partial charge in [0, 0.05) is 28.8 Å². The van der Waals surface area contributed by atoms with Gasteiger partial charge in [-0.2, -0.15) is 0 Å². The maximum atomic E-state index is 14.5. The summed E-state index contributed by atoms with van der Waals surface area (Å²) in [5.74, 6) is -2.65. The second-order valence-corrected chi connectivity index (χ2v) is 13.8. The Hall–Kier alpha value is -3.89. The van der Waals surface area contributed by atoms with Crippen molar-refractivity contribution in [2.75, 3.05) is 25.6 Å². The van der Waals surface area contributed by atoms with Crippen molar-refractivity contribution in [3.05, 3.63) is 88.7 Å². The van der Waals surface area contributed by atoms with Gasteiger partial charge in [0.25, 0.3) is 11.8 Å². The number of aryl methyl sites for hydroxylation is 2. The first-order valence-corrected chi connectivity index (χ1v) is 18.5. The minimum Gasteiger partial charge on any atom is -0.496 e. The molecule has 50 heavy (non-hydrogen) atoms. The zero-order valence-corrected chi connectivity index (χ0v) is 30.9. The van der Waals surface area contributed by atoms with E-state index in [1.165, 1.54) is 25.1 Å². The van der Waals surface area contributed by atoms with E-state index in [0.717, 1.165) is 35.1 Å². The lowest BCUT2D eigenvalue weighted by Crippen LogP contribution is -2.16. The number of carbonyl (C=O) groups excluding carboxylic acids is 1. The number of nitrogens with one attached hydrogen (secondary N) is 1. The van der Waals surface area contributed by atoms with Crippen LogP contribution in [0, 0.1) is 20.8 Å². The number of rotatable bonds is 18. The van der Waals surface area contributed by atoms with E-state index in [1.807, 2.05) is 64.1 Å². The van der Waals surface area contributed by atoms with Crippen LogP contribution in [-0.2, 0) is 30.8 Å². The van der Waals surface area contributed by atoms with E-state index in [4.69, 9.17) is 23.3 Å². The Kier molecular flexibility index (Phi) is 13.5. The monoisotopic (exact) mass is 711 g/mol. The highest BCUT2D eigenvalue weighted by Gasteiger charge is 2.31. The van der Waals surface area contributed by atoms with Gasteiger partial charge in [-0.15, -0.1) is 0 Å². The van der Waals surface area contributed by atoms with Crippen molar-refractivity contribution in [2.45, 2.75) is 86.3 Å². The first-order valence-electron chi connectivity index (χ1n) is 17.0. The Morgan fingerprint density at radius 2 is 1.54 bits per heavy atom. The maximum absolute atomic E-state index is 14.5. The number of phosphoric ester groups is 1. The number of aromatic nitrogens is 2. The Bertz CT molecular complexity index is 1790. The van der Waals surface area contributed by atoms with Gasteiger partial charge in [0.05, 0.1) is 26.0 Å². The van der Waals surface area contributed by atoms with Crippen LogP contribution in [0.3, 0.4) is 0 Å². The number of anilines is 1. The molecule has 0 fully saturated rings. The smallest absolute Gasteiger partial charge is 0.476 e. The van der Waals surface area contributed by atoms with Gasteiger partial charge in [0.1, 0.15) is 24.0 Å². The third kappa shape index (κ3) is 9.26. The number of methoxy groups -OCH3 is 1. The summed E-state index contributed by atoms with van der Waals surface area (Å²) in [7, 11) is -2.39. The molecule has 0 bridgehead atoms. The van der Waals surface area contributed by atoms with Crippen molar-refractivity contribution in [1.82, 2.24) is 9.55 Å². The summed E-state index contributed by atoms with van der Waals surface area (Å²) in [5, 5.41) is 2.73. The van der Waals surface area contributed by atoms with E-state index in [1.54, 1.807) is 24.7 Å². The van der Waals surface area contributed by atoms with E-state index >= 15 is 0 Å². The Morgan fingerprint density at radius 3 is 2.14 bits per heavy atom. The minimum absolute atomic E-state index is 0.0364. The van der Waals surface area contributed by atoms with E-state index in [-0.39, 0.29) is 43.3 Å². The number of ether oxygens (including phenoxy) is 1. The van der Waals surface area contributed by atoms with Crippen molar-refractivity contribution in [3.63, 3.8) is 0 Å². The van der Waals surface area contributed by atoms with Crippen molar-refractivity contribution in [2.24, 2.45) is 0 Å². The zero-order valence-electron chi connectivity index (χ0n) is 30.0. The lowest BCUT2D eigenvalue weighted by molar-refractivity contribution is -0.00825. The number of imidazole rings is 1. The van der Waals surface area contributed by atoms with Gasteiger partial charge in [-0.3, -0.25) is 18.4 Å². The van der Waals surface area contributed by atoms with Crippen LogP contribution in [0.5, 0.6) is 5.75 Å². The predicted octanol–water partition coefficient (Wildman–Crippen LogP) is 10.6. The van der Waals surface area contributed by atoms with Crippen LogP contribution in [0.15, 0.2) is 60.7 Å². The number of nitrogens with zero attached hydrogens (tertiary/aromatic N) is 2. The second-order valence-electron chi connectivity index (χ2n) is 12.2. The first kappa shape index (κ1) is 38.9. The van der Waals surface area contributed by atoms with Crippen LogP contribution in [0.1, 0.15) is 85.7 Å². The summed E-state index contributed by atoms with van der Waals surface area (Å²) in [6, 6.07) is 17.2. The molecule has 0 saturated heterocycles. The van der Waals surface area contributed by atoms with Crippen LogP contribution in [0.25, 0.3) is 22.5 Å². The van der Waals surface area contributed by atoms with Crippen molar-refractivity contribution >= 4 is 19.4 Å². The Labute approximate surface area is 293 Å². The molecule has 1 amide bonds. The van der Waals surface area contributed by atoms with Crippen molar-refractivity contribution < 1.29 is 36.4 Å². The lowest BCUT2D eigenvalue weighted by atomic mass is 9.93. The average molecular weight is 712 g/mol. The molecule has 0 unspecified atom stereocenters. The van der Waals surface area contributed by atoms with E-state index in [0.29, 0.717) is 35.7 Å². The molecule has 3 aromatic carbocycles. The summed E-state index contributed by atoms with van der Waals surface area (Å²) in [6.45, 7) is 11.2. The summed E-state index contributed by atoms with van der Waals surface area (Å²) in [5.41, 5.74) is 4.98. The molecule has 0 aliphatic rings. The number of halogens is 2. The van der Waals surface area contributed by atoms with Crippen LogP contribution in [0.4, 0.5) is 14.5 Å². The molecule has 0 spiro atoms. The highest BCUT2D eigenvalue weighted by atomic mass is 31.2. The number of benzene rings is 3. The van der Waals surface area contributed by atoms with Crippen LogP contribution in [0.2, 0.25) is 0 Å². The number of unbranched alkanes of at least 4 members (excludes halogenated alkanes) is 2. The van der Waals surface area contributed by atoms with Gasteiger partial charge in [0.2, 0.25) is 0 Å². The number of amides is 1. The van der Waals surface area contributed by atoms with Gasteiger partial charge < -0.3 is 14.6 Å². The normalized spacial score (nSPS) is 11.9. The quantitative estimate of drug-likeness (QED) is 0.0810. The molecule has 12 heteroatoms. The molecule has 0 saturated carbocycles. The lowest BCUT2D eigenvalue weighted by Gasteiger charge is -2.20. The fraction of sp³-hybridized carbons (Fsp3) is 0.421. The zero-order chi connectivity index (χ0) is 36.5. The third-order valence-electron chi connectivity index (χ3n) is 8.47. The standard InChI is InChI=1S/C38H48F2N3O6P/c1-8-11-21-47-50(45,48-22-12-9-2)49-25-43-28(6)35(37(44)41-31-18-14-17-30(24-31)38(39,40)10-3)42-36(43)29-19-20-33(46-7)32(23-29)34-26(4)15-13-16-27(34)5/h13-20,23-24H,8-12,21-22,25H2,1-7H3,(H,41,44). The SMILES string of the molecule is CCCCOP(=O)(OCCCC)OCn1c(-c2ccc(OC)c(-c3c(C)cccc3C)c2)nc(C(=O)Nc2cccc(C(F)(F)CC)c2)c1C. The summed E-state index contributed by atoms with van der Waals surface area (Å²) < 4.78 is 67.3. The number of phosphoric acid groups is 1. The van der Waals surface area contributed by atoms with E-state index in [2.05, 4.69) is 5.32 Å². The first-order chi connectivity index (χ1) is 23.9. The number of hydrogen-bond acceptors (Lipinski definition) is 7. The molecule has 4 rings (SSSR count). The molecule has 0 aliphatic heterocycles. The Balaban J connectivity index is 1.80. The molecule has 0 radical (unpaired) electrons. The summed E-state index contributed by atoms with van der Waals surface area (Å²) >= 11 is 0. The number of hydrogen-bond donors (Lipinski definition) is 1. The van der Waals surface area contributed by atoms with Crippen LogP contribution in [-0.4, -0.2) is 35.8 Å². The molecular formula is C38H48F2N3O6P. The number of alkyl halides is 2. The molecule has 1 N–H and O–H groups in total. The molecule has 0 atom stereocenters. The van der Waals surface area contributed by atoms with Crippen LogP contribution < -0.4 is 10.1 Å². The molecule has 0 aliphatic carbocycles. The van der Waals surface area contributed by atoms with Gasteiger partial charge in [-0.05, 0) is 80.6 Å². The van der Waals surface area contributed by atoms with Gasteiger partial charge in [-0.1, -0.05) is 63.9 Å². The molecule has 270 valence electrons. The van der Waals surface area contributed by atoms with Crippen LogP contribution >= 0.6 is 7.82 Å². The van der Waals surface area contributed by atoms with Gasteiger partial charge in [-0.25, -0.2) is 18.3 Å². The highest BCUT2D eigenvalue weighted by molar-refractivity contribution is 7.48. The minimum atomic E-state index is -3.99. The maximum Gasteiger partial charge on any atom is 0.476 e. The second kappa shape index (κ2) is 17.4. The van der Waals surface area contributed by atoms with Crippen molar-refractivity contribution in [3.8, 4) is 28.3 Å². The highest BCUT2D eigenvalue weighted by Crippen LogP contribution is 2.50. The predicted molar refractivity (Wildman–Crippen MR) is 193 cm³/mol. The average Bonchev–Trinajstić information content (AvgIpc) is 3.43. The van der Waals surface area contributed by atoms with E-state index < -0.39 is 19.7 Å². The molecule has 1 aromatic heterocycles. The van der Waals surface area contributed by atoms with Gasteiger partial charge >= 0.3 is 7.82 Å². The fourth-order valence-electron chi connectivity index (χ4n) is 5.51. The van der Waals surface area contributed by atoms with Crippen molar-refractivity contribution in [1.29, 1.82) is 0 Å². The largest absolute Gasteiger partial charge is 0.496 e. The molecular weight excluding hydrogens is 663 g/mol. The topological polar surface area (TPSA) is 101 Å². The molecule has 4 aromatic rings. The van der Waals surface area contributed by atoms with Gasteiger partial charge in [0.15, 0.2) is 0 Å². The summed E-state index contributed by atoms with van der Waals surface area (Å²) in [6.07, 6.45) is 2.62.